The molecule has 82 valence electrons. The number of hydrogen-bond donors (Lipinski definition) is 1. The lowest BCUT2D eigenvalue weighted by Gasteiger charge is -2.06. The standard InChI is InChI=1S/C10H9N3O3/c1-6-3-4-9(12-7(2)14)10(13(15)16)8(6)5-11/h3-4H,1-2H3,(H,12,14). The number of carbonyl (C=O) groups is 1. The van der Waals surface area contributed by atoms with Crippen LogP contribution in [0.3, 0.4) is 0 Å². The van der Waals surface area contributed by atoms with Gasteiger partial charge in [-0.05, 0) is 18.6 Å². The van der Waals surface area contributed by atoms with Gasteiger partial charge in [-0.15, -0.1) is 0 Å². The molecule has 1 aromatic carbocycles. The second-order valence-corrected chi connectivity index (χ2v) is 3.20. The molecule has 0 unspecified atom stereocenters. The molecule has 0 bridgehead atoms. The van der Waals surface area contributed by atoms with Crippen molar-refractivity contribution in [1.82, 2.24) is 0 Å². The number of carbonyl (C=O) groups excluding carboxylic acids is 1. The molecule has 16 heavy (non-hydrogen) atoms. The van der Waals surface area contributed by atoms with Crippen molar-refractivity contribution in [3.8, 4) is 6.07 Å². The molecule has 0 heterocycles. The van der Waals surface area contributed by atoms with E-state index in [1.807, 2.05) is 0 Å². The number of hydrogen-bond acceptors (Lipinski definition) is 4. The summed E-state index contributed by atoms with van der Waals surface area (Å²) in [4.78, 5) is 21.0. The van der Waals surface area contributed by atoms with Crippen LogP contribution in [0.5, 0.6) is 0 Å². The lowest BCUT2D eigenvalue weighted by Crippen LogP contribution is -2.09. The number of nitro benzene ring substituents is 1. The zero-order valence-electron chi connectivity index (χ0n) is 8.77. The molecule has 0 aliphatic rings. The predicted octanol–water partition coefficient (Wildman–Crippen LogP) is 1.73. The zero-order chi connectivity index (χ0) is 12.3. The quantitative estimate of drug-likeness (QED) is 0.605. The Morgan fingerprint density at radius 1 is 1.56 bits per heavy atom. The van der Waals surface area contributed by atoms with Crippen molar-refractivity contribution in [3.05, 3.63) is 33.4 Å². The lowest BCUT2D eigenvalue weighted by atomic mass is 10.1. The predicted molar refractivity (Wildman–Crippen MR) is 56.9 cm³/mol. The van der Waals surface area contributed by atoms with Gasteiger partial charge in [-0.2, -0.15) is 5.26 Å². The normalized spacial score (nSPS) is 9.31. The van der Waals surface area contributed by atoms with Gasteiger partial charge in [0.2, 0.25) is 5.91 Å². The van der Waals surface area contributed by atoms with Crippen LogP contribution in [0.25, 0.3) is 0 Å². The van der Waals surface area contributed by atoms with E-state index >= 15 is 0 Å². The third kappa shape index (κ3) is 2.15. The average Bonchev–Trinajstić information content (AvgIpc) is 2.18. The second-order valence-electron chi connectivity index (χ2n) is 3.20. The fourth-order valence-electron chi connectivity index (χ4n) is 1.31. The van der Waals surface area contributed by atoms with Gasteiger partial charge in [-0.3, -0.25) is 14.9 Å². The minimum absolute atomic E-state index is 0.0312. The van der Waals surface area contributed by atoms with Gasteiger partial charge in [-0.25, -0.2) is 0 Å². The first-order chi connectivity index (χ1) is 7.47. The van der Waals surface area contributed by atoms with Crippen molar-refractivity contribution in [2.45, 2.75) is 13.8 Å². The van der Waals surface area contributed by atoms with Crippen molar-refractivity contribution < 1.29 is 9.72 Å². The summed E-state index contributed by atoms with van der Waals surface area (Å²) in [5.41, 5.74) is 0.150. The highest BCUT2D eigenvalue weighted by Gasteiger charge is 2.22. The molecule has 1 N–H and O–H groups in total. The molecule has 0 saturated heterocycles. The highest BCUT2D eigenvalue weighted by molar-refractivity contribution is 5.92. The van der Waals surface area contributed by atoms with Gasteiger partial charge in [0.15, 0.2) is 0 Å². The summed E-state index contributed by atoms with van der Waals surface area (Å²) in [6.45, 7) is 2.85. The second kappa shape index (κ2) is 4.40. The molecule has 0 aliphatic heterocycles. The molecule has 0 aliphatic carbocycles. The Labute approximate surface area is 91.6 Å². The molecule has 1 amide bonds. The summed E-state index contributed by atoms with van der Waals surface area (Å²) in [6, 6.07) is 4.73. The highest BCUT2D eigenvalue weighted by Crippen LogP contribution is 2.30. The van der Waals surface area contributed by atoms with Crippen LogP contribution in [-0.2, 0) is 4.79 Å². The van der Waals surface area contributed by atoms with E-state index in [2.05, 4.69) is 5.32 Å². The molecule has 0 aromatic heterocycles. The van der Waals surface area contributed by atoms with Gasteiger partial charge in [0.1, 0.15) is 17.3 Å². The Hall–Kier alpha value is -2.42. The zero-order valence-corrected chi connectivity index (χ0v) is 8.77. The van der Waals surface area contributed by atoms with Gasteiger partial charge in [0.05, 0.1) is 4.92 Å². The molecule has 0 saturated carbocycles. The molecule has 0 radical (unpaired) electrons. The molecule has 6 nitrogen and oxygen atoms in total. The van der Waals surface area contributed by atoms with Crippen LogP contribution in [0.1, 0.15) is 18.1 Å². The SMILES string of the molecule is CC(=O)Nc1ccc(C)c(C#N)c1[N+](=O)[O-]. The first kappa shape index (κ1) is 11.7. The van der Waals surface area contributed by atoms with Crippen LogP contribution in [0.2, 0.25) is 0 Å². The van der Waals surface area contributed by atoms with Crippen molar-refractivity contribution in [3.63, 3.8) is 0 Å². The number of nitro groups is 1. The minimum Gasteiger partial charge on any atom is -0.321 e. The molecule has 6 heteroatoms. The summed E-state index contributed by atoms with van der Waals surface area (Å²) >= 11 is 0. The van der Waals surface area contributed by atoms with Gasteiger partial charge < -0.3 is 5.32 Å². The summed E-state index contributed by atoms with van der Waals surface area (Å²) in [6.07, 6.45) is 0. The Morgan fingerprint density at radius 3 is 2.62 bits per heavy atom. The number of amides is 1. The van der Waals surface area contributed by atoms with Gasteiger partial charge >= 0.3 is 5.69 Å². The number of rotatable bonds is 2. The number of aryl methyl sites for hydroxylation is 1. The molecular formula is C10H9N3O3. The third-order valence-corrected chi connectivity index (χ3v) is 1.99. The summed E-state index contributed by atoms with van der Waals surface area (Å²) in [5.74, 6) is -0.421. The highest BCUT2D eigenvalue weighted by atomic mass is 16.6. The third-order valence-electron chi connectivity index (χ3n) is 1.99. The molecule has 0 spiro atoms. The summed E-state index contributed by atoms with van der Waals surface area (Å²) in [5, 5.41) is 22.0. The largest absolute Gasteiger partial charge is 0.321 e. The van der Waals surface area contributed by atoms with Crippen molar-refractivity contribution >= 4 is 17.3 Å². The summed E-state index contributed by atoms with van der Waals surface area (Å²) < 4.78 is 0. The molecule has 0 atom stereocenters. The first-order valence-electron chi connectivity index (χ1n) is 4.43. The van der Waals surface area contributed by atoms with Crippen LogP contribution in [0.15, 0.2) is 12.1 Å². The topological polar surface area (TPSA) is 96.0 Å². The smallest absolute Gasteiger partial charge is 0.310 e. The van der Waals surface area contributed by atoms with Gasteiger partial charge in [-0.1, -0.05) is 6.07 Å². The maximum atomic E-state index is 10.9. The Balaban J connectivity index is 3.46. The van der Waals surface area contributed by atoms with E-state index in [-0.39, 0.29) is 16.9 Å². The number of anilines is 1. The summed E-state index contributed by atoms with van der Waals surface area (Å²) in [7, 11) is 0. The van der Waals surface area contributed by atoms with E-state index < -0.39 is 10.8 Å². The maximum absolute atomic E-state index is 10.9. The average molecular weight is 219 g/mol. The lowest BCUT2D eigenvalue weighted by molar-refractivity contribution is -0.384. The number of nitrogens with one attached hydrogen (secondary N) is 1. The van der Waals surface area contributed by atoms with E-state index in [0.717, 1.165) is 0 Å². The maximum Gasteiger partial charge on any atom is 0.310 e. The van der Waals surface area contributed by atoms with E-state index in [4.69, 9.17) is 5.26 Å². The van der Waals surface area contributed by atoms with E-state index in [0.29, 0.717) is 5.56 Å². The number of benzene rings is 1. The fourth-order valence-corrected chi connectivity index (χ4v) is 1.31. The van der Waals surface area contributed by atoms with Crippen molar-refractivity contribution in [2.24, 2.45) is 0 Å². The van der Waals surface area contributed by atoms with Crippen molar-refractivity contribution in [1.29, 1.82) is 5.26 Å². The molecule has 1 rings (SSSR count). The minimum atomic E-state index is -0.670. The Bertz CT molecular complexity index is 503. The van der Waals surface area contributed by atoms with Crippen molar-refractivity contribution in [2.75, 3.05) is 5.32 Å². The monoisotopic (exact) mass is 219 g/mol. The van der Waals surface area contributed by atoms with Crippen LogP contribution < -0.4 is 5.32 Å². The van der Waals surface area contributed by atoms with E-state index in [1.54, 1.807) is 19.1 Å². The van der Waals surface area contributed by atoms with Crippen LogP contribution >= 0.6 is 0 Å². The molecule has 0 fully saturated rings. The fraction of sp³-hybridized carbons (Fsp3) is 0.200. The van der Waals surface area contributed by atoms with Gasteiger partial charge in [0.25, 0.3) is 0 Å². The number of nitriles is 1. The van der Waals surface area contributed by atoms with Gasteiger partial charge in [0, 0.05) is 6.92 Å². The molecular weight excluding hydrogens is 210 g/mol. The van der Waals surface area contributed by atoms with Crippen LogP contribution in [0, 0.1) is 28.4 Å². The van der Waals surface area contributed by atoms with E-state index in [9.17, 15) is 14.9 Å². The molecule has 1 aromatic rings. The van der Waals surface area contributed by atoms with E-state index in [1.165, 1.54) is 13.0 Å². The van der Waals surface area contributed by atoms with Crippen LogP contribution in [0.4, 0.5) is 11.4 Å². The Kier molecular flexibility index (Phi) is 3.20. The number of nitrogens with zero attached hydrogens (tertiary/aromatic N) is 2. The first-order valence-corrected chi connectivity index (χ1v) is 4.43. The Morgan fingerprint density at radius 2 is 2.19 bits per heavy atom. The van der Waals surface area contributed by atoms with Crippen LogP contribution in [-0.4, -0.2) is 10.8 Å².